The van der Waals surface area contributed by atoms with Crippen molar-refractivity contribution in [3.63, 3.8) is 0 Å². The maximum Gasteiger partial charge on any atom is 0.317 e. The number of amides is 2. The van der Waals surface area contributed by atoms with Crippen molar-refractivity contribution in [2.45, 2.75) is 53.0 Å². The van der Waals surface area contributed by atoms with Crippen molar-refractivity contribution in [1.29, 1.82) is 0 Å². The van der Waals surface area contributed by atoms with E-state index in [-0.39, 0.29) is 17.5 Å². The number of carboxylic acid groups (broad SMARTS) is 1. The Balaban J connectivity index is 2.33. The number of carboxylic acids is 1. The van der Waals surface area contributed by atoms with Crippen molar-refractivity contribution in [2.75, 3.05) is 13.1 Å². The van der Waals surface area contributed by atoms with Gasteiger partial charge in [0.25, 0.3) is 0 Å². The molecule has 1 aliphatic heterocycles. The van der Waals surface area contributed by atoms with Crippen molar-refractivity contribution in [3.05, 3.63) is 0 Å². The van der Waals surface area contributed by atoms with Crippen molar-refractivity contribution >= 4 is 12.0 Å². The summed E-state index contributed by atoms with van der Waals surface area (Å²) in [5.74, 6) is -1.22. The third-order valence-corrected chi connectivity index (χ3v) is 3.52. The van der Waals surface area contributed by atoms with Crippen LogP contribution in [0.2, 0.25) is 0 Å². The number of likely N-dealkylation sites (tertiary alicyclic amines) is 1. The lowest BCUT2D eigenvalue weighted by Crippen LogP contribution is -2.43. The molecule has 0 aromatic heterocycles. The summed E-state index contributed by atoms with van der Waals surface area (Å²) in [6.07, 6.45) is 2.54. The van der Waals surface area contributed by atoms with Crippen molar-refractivity contribution in [1.82, 2.24) is 10.2 Å². The van der Waals surface area contributed by atoms with E-state index < -0.39 is 11.9 Å². The predicted molar refractivity (Wildman–Crippen MR) is 74.0 cm³/mol. The number of urea groups is 1. The van der Waals surface area contributed by atoms with Crippen LogP contribution in [0, 0.1) is 11.3 Å². The monoisotopic (exact) mass is 270 g/mol. The van der Waals surface area contributed by atoms with Crippen molar-refractivity contribution < 1.29 is 14.7 Å². The van der Waals surface area contributed by atoms with E-state index in [4.69, 9.17) is 5.11 Å². The lowest BCUT2D eigenvalue weighted by molar-refractivity contribution is -0.141. The first-order chi connectivity index (χ1) is 8.69. The number of aliphatic carboxylic acids is 1. The number of rotatable bonds is 4. The lowest BCUT2D eigenvalue weighted by Gasteiger charge is -2.24. The Bertz CT molecular complexity index is 336. The van der Waals surface area contributed by atoms with E-state index >= 15 is 0 Å². The maximum absolute atomic E-state index is 12.0. The van der Waals surface area contributed by atoms with Crippen LogP contribution in [0.3, 0.4) is 0 Å². The van der Waals surface area contributed by atoms with Gasteiger partial charge in [-0.15, -0.1) is 0 Å². The molecule has 2 atom stereocenters. The van der Waals surface area contributed by atoms with Crippen LogP contribution in [0.1, 0.15) is 47.0 Å². The number of nitrogens with one attached hydrogen (secondary N) is 1. The van der Waals surface area contributed by atoms with Crippen LogP contribution in [-0.4, -0.2) is 41.1 Å². The van der Waals surface area contributed by atoms with Gasteiger partial charge in [0, 0.05) is 19.1 Å². The smallest absolute Gasteiger partial charge is 0.317 e. The fourth-order valence-corrected chi connectivity index (χ4v) is 2.17. The van der Waals surface area contributed by atoms with Gasteiger partial charge in [-0.2, -0.15) is 0 Å². The van der Waals surface area contributed by atoms with Crippen LogP contribution in [-0.2, 0) is 4.79 Å². The van der Waals surface area contributed by atoms with Crippen LogP contribution < -0.4 is 5.32 Å². The summed E-state index contributed by atoms with van der Waals surface area (Å²) in [5, 5.41) is 11.9. The Morgan fingerprint density at radius 2 is 2.05 bits per heavy atom. The molecule has 1 saturated heterocycles. The maximum atomic E-state index is 12.0. The quantitative estimate of drug-likeness (QED) is 0.823. The second kappa shape index (κ2) is 6.26. The molecule has 1 heterocycles. The average molecular weight is 270 g/mol. The Kier molecular flexibility index (Phi) is 5.20. The molecule has 5 heteroatoms. The molecule has 2 unspecified atom stereocenters. The second-order valence-corrected chi connectivity index (χ2v) is 6.72. The number of carbonyl (C=O) groups excluding carboxylic acids is 1. The minimum absolute atomic E-state index is 0.121. The van der Waals surface area contributed by atoms with E-state index in [9.17, 15) is 9.59 Å². The van der Waals surface area contributed by atoms with Crippen LogP contribution in [0.25, 0.3) is 0 Å². The van der Waals surface area contributed by atoms with E-state index in [0.717, 1.165) is 12.8 Å². The molecular weight excluding hydrogens is 244 g/mol. The highest BCUT2D eigenvalue weighted by molar-refractivity contribution is 5.77. The molecule has 110 valence electrons. The Morgan fingerprint density at radius 3 is 2.53 bits per heavy atom. The fraction of sp³-hybridized carbons (Fsp3) is 0.857. The lowest BCUT2D eigenvalue weighted by atomic mass is 9.89. The van der Waals surface area contributed by atoms with E-state index in [0.29, 0.717) is 19.5 Å². The third-order valence-electron chi connectivity index (χ3n) is 3.52. The zero-order valence-electron chi connectivity index (χ0n) is 12.4. The molecule has 1 fully saturated rings. The highest BCUT2D eigenvalue weighted by atomic mass is 16.4. The van der Waals surface area contributed by atoms with Gasteiger partial charge in [-0.1, -0.05) is 20.8 Å². The third kappa shape index (κ3) is 5.49. The minimum Gasteiger partial charge on any atom is -0.481 e. The normalized spacial score (nSPS) is 21.3. The van der Waals surface area contributed by atoms with E-state index in [1.165, 1.54) is 0 Å². The minimum atomic E-state index is -0.809. The predicted octanol–water partition coefficient (Wildman–Crippen LogP) is 2.32. The molecule has 2 N–H and O–H groups in total. The molecule has 0 aliphatic carbocycles. The summed E-state index contributed by atoms with van der Waals surface area (Å²) >= 11 is 0. The Morgan fingerprint density at radius 1 is 1.42 bits per heavy atom. The number of carbonyl (C=O) groups is 2. The van der Waals surface area contributed by atoms with Crippen LogP contribution in [0.4, 0.5) is 4.79 Å². The van der Waals surface area contributed by atoms with Crippen LogP contribution in [0.5, 0.6) is 0 Å². The average Bonchev–Trinajstić information content (AvgIpc) is 2.74. The van der Waals surface area contributed by atoms with Crippen LogP contribution >= 0.6 is 0 Å². The molecule has 0 aromatic carbocycles. The van der Waals surface area contributed by atoms with Crippen molar-refractivity contribution in [3.8, 4) is 0 Å². The highest BCUT2D eigenvalue weighted by Crippen LogP contribution is 2.22. The standard InChI is InChI=1S/C14H26N2O3/c1-10(5-7-14(2,3)4)15-13(19)16-8-6-11(9-16)12(17)18/h10-11H,5-9H2,1-4H3,(H,15,19)(H,17,18). The molecule has 0 aromatic rings. The SMILES string of the molecule is CC(CCC(C)(C)C)NC(=O)N1CCC(C(=O)O)C1. The van der Waals surface area contributed by atoms with Gasteiger partial charge in [0.1, 0.15) is 0 Å². The molecule has 1 aliphatic rings. The summed E-state index contributed by atoms with van der Waals surface area (Å²) in [6.45, 7) is 9.40. The summed E-state index contributed by atoms with van der Waals surface area (Å²) < 4.78 is 0. The first-order valence-corrected chi connectivity index (χ1v) is 6.97. The van der Waals surface area contributed by atoms with Gasteiger partial charge in [-0.05, 0) is 31.6 Å². The first kappa shape index (κ1) is 15.8. The van der Waals surface area contributed by atoms with Gasteiger partial charge < -0.3 is 15.3 Å². The van der Waals surface area contributed by atoms with E-state index in [1.807, 2.05) is 6.92 Å². The zero-order valence-corrected chi connectivity index (χ0v) is 12.4. The first-order valence-electron chi connectivity index (χ1n) is 6.97. The number of hydrogen-bond acceptors (Lipinski definition) is 2. The number of nitrogens with zero attached hydrogens (tertiary/aromatic N) is 1. The fourth-order valence-electron chi connectivity index (χ4n) is 2.17. The number of hydrogen-bond donors (Lipinski definition) is 2. The summed E-state index contributed by atoms with van der Waals surface area (Å²) in [7, 11) is 0. The van der Waals surface area contributed by atoms with Gasteiger partial charge in [-0.25, -0.2) is 4.79 Å². The molecule has 0 saturated carbocycles. The Hall–Kier alpha value is -1.26. The summed E-state index contributed by atoms with van der Waals surface area (Å²) in [5.41, 5.74) is 0.265. The van der Waals surface area contributed by atoms with Gasteiger partial charge in [0.05, 0.1) is 5.92 Å². The van der Waals surface area contributed by atoms with Gasteiger partial charge >= 0.3 is 12.0 Å². The van der Waals surface area contributed by atoms with E-state index in [1.54, 1.807) is 4.90 Å². The largest absolute Gasteiger partial charge is 0.481 e. The zero-order chi connectivity index (χ0) is 14.6. The summed E-state index contributed by atoms with van der Waals surface area (Å²) in [6, 6.07) is -0.0132. The molecule has 2 amide bonds. The second-order valence-electron chi connectivity index (χ2n) is 6.72. The van der Waals surface area contributed by atoms with Gasteiger partial charge in [-0.3, -0.25) is 4.79 Å². The molecule has 1 rings (SSSR count). The van der Waals surface area contributed by atoms with E-state index in [2.05, 4.69) is 26.1 Å². The van der Waals surface area contributed by atoms with Crippen LogP contribution in [0.15, 0.2) is 0 Å². The van der Waals surface area contributed by atoms with Gasteiger partial charge in [0.2, 0.25) is 0 Å². The van der Waals surface area contributed by atoms with Crippen molar-refractivity contribution in [2.24, 2.45) is 11.3 Å². The molecule has 19 heavy (non-hydrogen) atoms. The topological polar surface area (TPSA) is 69.6 Å². The van der Waals surface area contributed by atoms with Gasteiger partial charge in [0.15, 0.2) is 0 Å². The highest BCUT2D eigenvalue weighted by Gasteiger charge is 2.31. The molecule has 0 radical (unpaired) electrons. The summed E-state index contributed by atoms with van der Waals surface area (Å²) in [4.78, 5) is 24.4. The molecule has 5 nitrogen and oxygen atoms in total. The molecule has 0 spiro atoms. The Labute approximate surface area is 115 Å². The molecule has 0 bridgehead atoms. The molecular formula is C14H26N2O3.